The van der Waals surface area contributed by atoms with E-state index >= 15 is 0 Å². The molecule has 0 radical (unpaired) electrons. The van der Waals surface area contributed by atoms with Gasteiger partial charge in [0.1, 0.15) is 23.2 Å². The Kier molecular flexibility index (Phi) is 4.71. The smallest absolute Gasteiger partial charge is 0.435 e. The Labute approximate surface area is 166 Å². The van der Waals surface area contributed by atoms with Crippen LogP contribution in [0.25, 0.3) is 22.2 Å². The molecule has 0 fully saturated rings. The zero-order chi connectivity index (χ0) is 20.4. The molecule has 0 aliphatic carbocycles. The predicted octanol–water partition coefficient (Wildman–Crippen LogP) is 3.58. The SMILES string of the molecule is CC(C)(C)OC(=O)n1cc(-c2cnc(OCc3ccccc3)c3[nH]nnc23)cn1. The molecule has 3 aromatic heterocycles. The van der Waals surface area contributed by atoms with Gasteiger partial charge >= 0.3 is 6.09 Å². The number of nitrogens with one attached hydrogen (secondary N) is 1. The van der Waals surface area contributed by atoms with Gasteiger partial charge < -0.3 is 9.47 Å². The number of ether oxygens (including phenoxy) is 2. The molecular weight excluding hydrogens is 372 g/mol. The van der Waals surface area contributed by atoms with Crippen molar-refractivity contribution in [1.29, 1.82) is 0 Å². The summed E-state index contributed by atoms with van der Waals surface area (Å²) in [5, 5.41) is 14.9. The zero-order valence-electron chi connectivity index (χ0n) is 16.3. The van der Waals surface area contributed by atoms with E-state index in [2.05, 4.69) is 25.5 Å². The number of nitrogens with zero attached hydrogens (tertiary/aromatic N) is 5. The minimum absolute atomic E-state index is 0.373. The molecule has 0 unspecified atom stereocenters. The van der Waals surface area contributed by atoms with Gasteiger partial charge in [0.05, 0.1) is 6.20 Å². The van der Waals surface area contributed by atoms with Gasteiger partial charge in [0.2, 0.25) is 5.88 Å². The number of carbonyl (C=O) groups is 1. The number of hydrogen-bond acceptors (Lipinski definition) is 7. The van der Waals surface area contributed by atoms with Gasteiger partial charge in [-0.3, -0.25) is 5.10 Å². The van der Waals surface area contributed by atoms with Crippen molar-refractivity contribution >= 4 is 17.1 Å². The van der Waals surface area contributed by atoms with Gasteiger partial charge in [-0.2, -0.15) is 9.78 Å². The van der Waals surface area contributed by atoms with E-state index in [1.807, 2.05) is 30.3 Å². The van der Waals surface area contributed by atoms with Gasteiger partial charge in [-0.25, -0.2) is 9.78 Å². The van der Waals surface area contributed by atoms with Gasteiger partial charge in [0, 0.05) is 23.5 Å². The van der Waals surface area contributed by atoms with Gasteiger partial charge in [-0.15, -0.1) is 5.10 Å². The van der Waals surface area contributed by atoms with Crippen molar-refractivity contribution in [3.63, 3.8) is 0 Å². The second-order valence-electron chi connectivity index (χ2n) is 7.44. The molecule has 0 spiro atoms. The molecule has 4 rings (SSSR count). The number of fused-ring (bicyclic) bond motifs is 1. The van der Waals surface area contributed by atoms with Crippen molar-refractivity contribution in [2.24, 2.45) is 0 Å². The predicted molar refractivity (Wildman–Crippen MR) is 105 cm³/mol. The molecule has 1 aromatic carbocycles. The van der Waals surface area contributed by atoms with Crippen LogP contribution in [0, 0.1) is 0 Å². The van der Waals surface area contributed by atoms with Gasteiger partial charge in [-0.1, -0.05) is 35.5 Å². The van der Waals surface area contributed by atoms with Crippen molar-refractivity contribution in [3.05, 3.63) is 54.5 Å². The average Bonchev–Trinajstić information content (AvgIpc) is 3.35. The first-order valence-electron chi connectivity index (χ1n) is 9.05. The van der Waals surface area contributed by atoms with E-state index in [0.29, 0.717) is 34.6 Å². The van der Waals surface area contributed by atoms with E-state index in [-0.39, 0.29) is 0 Å². The summed E-state index contributed by atoms with van der Waals surface area (Å²) in [6, 6.07) is 9.80. The summed E-state index contributed by atoms with van der Waals surface area (Å²) < 4.78 is 12.3. The highest BCUT2D eigenvalue weighted by Gasteiger charge is 2.20. The summed E-state index contributed by atoms with van der Waals surface area (Å²) in [4.78, 5) is 16.6. The van der Waals surface area contributed by atoms with Crippen molar-refractivity contribution in [2.45, 2.75) is 33.0 Å². The number of pyridine rings is 1. The van der Waals surface area contributed by atoms with Crippen molar-refractivity contribution < 1.29 is 14.3 Å². The molecule has 0 amide bonds. The lowest BCUT2D eigenvalue weighted by atomic mass is 10.1. The Bertz CT molecular complexity index is 1140. The van der Waals surface area contributed by atoms with Crippen LogP contribution in [-0.2, 0) is 11.3 Å². The fourth-order valence-electron chi connectivity index (χ4n) is 2.73. The molecule has 148 valence electrons. The number of aromatic amines is 1. The minimum Gasteiger partial charge on any atom is -0.471 e. The summed E-state index contributed by atoms with van der Waals surface area (Å²) >= 11 is 0. The topological polar surface area (TPSA) is 108 Å². The zero-order valence-corrected chi connectivity index (χ0v) is 16.3. The Morgan fingerprint density at radius 2 is 1.97 bits per heavy atom. The molecule has 0 atom stereocenters. The van der Waals surface area contributed by atoms with E-state index in [1.54, 1.807) is 39.4 Å². The van der Waals surface area contributed by atoms with Crippen LogP contribution in [-0.4, -0.2) is 41.9 Å². The molecule has 3 heterocycles. The van der Waals surface area contributed by atoms with E-state index in [0.717, 1.165) is 10.2 Å². The molecule has 9 heteroatoms. The number of benzene rings is 1. The first-order chi connectivity index (χ1) is 13.9. The van der Waals surface area contributed by atoms with Crippen molar-refractivity contribution in [3.8, 4) is 17.0 Å². The maximum atomic E-state index is 12.2. The fraction of sp³-hybridized carbons (Fsp3) is 0.250. The Balaban J connectivity index is 1.60. The van der Waals surface area contributed by atoms with Crippen molar-refractivity contribution in [2.75, 3.05) is 0 Å². The highest BCUT2D eigenvalue weighted by atomic mass is 16.6. The van der Waals surface area contributed by atoms with Crippen LogP contribution in [0.4, 0.5) is 4.79 Å². The molecule has 9 nitrogen and oxygen atoms in total. The highest BCUT2D eigenvalue weighted by Crippen LogP contribution is 2.30. The molecule has 29 heavy (non-hydrogen) atoms. The standard InChI is InChI=1S/C20H20N6O3/c1-20(2,3)29-19(27)26-11-14(9-22-26)15-10-21-18(17-16(15)23-25-24-17)28-12-13-7-5-4-6-8-13/h4-11H,12H2,1-3H3,(H,23,24,25). The summed E-state index contributed by atoms with van der Waals surface area (Å²) in [6.45, 7) is 5.77. The molecule has 0 saturated heterocycles. The monoisotopic (exact) mass is 392 g/mol. The fourth-order valence-corrected chi connectivity index (χ4v) is 2.73. The first kappa shape index (κ1) is 18.6. The van der Waals surface area contributed by atoms with Gasteiger partial charge in [-0.05, 0) is 26.3 Å². The van der Waals surface area contributed by atoms with Crippen LogP contribution < -0.4 is 4.74 Å². The maximum Gasteiger partial charge on any atom is 0.435 e. The third kappa shape index (κ3) is 4.08. The highest BCUT2D eigenvalue weighted by molar-refractivity contribution is 5.93. The number of H-pyrrole nitrogens is 1. The maximum absolute atomic E-state index is 12.2. The summed E-state index contributed by atoms with van der Waals surface area (Å²) in [6.07, 6.45) is 4.20. The second kappa shape index (κ2) is 7.34. The quantitative estimate of drug-likeness (QED) is 0.565. The lowest BCUT2D eigenvalue weighted by Gasteiger charge is -2.18. The van der Waals surface area contributed by atoms with E-state index in [1.165, 1.54) is 0 Å². The first-order valence-corrected chi connectivity index (χ1v) is 9.05. The molecule has 1 N–H and O–H groups in total. The molecule has 0 saturated carbocycles. The molecule has 0 aliphatic heterocycles. The van der Waals surface area contributed by atoms with Crippen LogP contribution in [0.15, 0.2) is 48.9 Å². The molecule has 0 bridgehead atoms. The summed E-state index contributed by atoms with van der Waals surface area (Å²) in [7, 11) is 0. The average molecular weight is 392 g/mol. The lowest BCUT2D eigenvalue weighted by Crippen LogP contribution is -2.27. The van der Waals surface area contributed by atoms with E-state index in [4.69, 9.17) is 9.47 Å². The van der Waals surface area contributed by atoms with Crippen LogP contribution >= 0.6 is 0 Å². The van der Waals surface area contributed by atoms with Gasteiger partial charge in [0.15, 0.2) is 0 Å². The molecule has 4 aromatic rings. The number of aromatic nitrogens is 6. The van der Waals surface area contributed by atoms with Crippen LogP contribution in [0.2, 0.25) is 0 Å². The Morgan fingerprint density at radius 1 is 1.17 bits per heavy atom. The van der Waals surface area contributed by atoms with E-state index < -0.39 is 11.7 Å². The van der Waals surface area contributed by atoms with Crippen LogP contribution in [0.1, 0.15) is 26.3 Å². The number of hydrogen-bond donors (Lipinski definition) is 1. The van der Waals surface area contributed by atoms with Crippen LogP contribution in [0.5, 0.6) is 5.88 Å². The Hall–Kier alpha value is -3.75. The van der Waals surface area contributed by atoms with E-state index in [9.17, 15) is 4.79 Å². The minimum atomic E-state index is -0.609. The van der Waals surface area contributed by atoms with Gasteiger partial charge in [0.25, 0.3) is 0 Å². The number of rotatable bonds is 4. The Morgan fingerprint density at radius 3 is 2.72 bits per heavy atom. The summed E-state index contributed by atoms with van der Waals surface area (Å²) in [5.41, 5.74) is 2.90. The summed E-state index contributed by atoms with van der Waals surface area (Å²) in [5.74, 6) is 0.400. The lowest BCUT2D eigenvalue weighted by molar-refractivity contribution is 0.0514. The van der Waals surface area contributed by atoms with Crippen molar-refractivity contribution in [1.82, 2.24) is 30.2 Å². The molecular formula is C20H20N6O3. The number of carbonyl (C=O) groups excluding carboxylic acids is 1. The van der Waals surface area contributed by atoms with Crippen LogP contribution in [0.3, 0.4) is 0 Å². The largest absolute Gasteiger partial charge is 0.471 e. The second-order valence-corrected chi connectivity index (χ2v) is 7.44. The third-order valence-electron chi connectivity index (χ3n) is 4.02. The third-order valence-corrected chi connectivity index (χ3v) is 4.02. The molecule has 0 aliphatic rings. The normalized spacial score (nSPS) is 11.6.